The lowest BCUT2D eigenvalue weighted by molar-refractivity contribution is 0.234. The molecular weight excluding hydrogens is 293 g/mol. The molecule has 112 valence electrons. The first-order valence-corrected chi connectivity index (χ1v) is 6.94. The van der Waals surface area contributed by atoms with Crippen LogP contribution in [-0.2, 0) is 6.54 Å². The molecule has 0 aliphatic carbocycles. The second-order valence-electron chi connectivity index (χ2n) is 4.86. The van der Waals surface area contributed by atoms with Gasteiger partial charge >= 0.3 is 0 Å². The first-order valence-electron chi connectivity index (χ1n) is 6.56. The summed E-state index contributed by atoms with van der Waals surface area (Å²) in [6.07, 6.45) is -0.00837. The van der Waals surface area contributed by atoms with Gasteiger partial charge in [-0.2, -0.15) is 4.98 Å². The molecule has 0 spiro atoms. The first-order chi connectivity index (χ1) is 9.95. The van der Waals surface area contributed by atoms with Gasteiger partial charge < -0.3 is 15.8 Å². The number of aromatic nitrogens is 1. The van der Waals surface area contributed by atoms with Gasteiger partial charge in [0.1, 0.15) is 11.6 Å². The van der Waals surface area contributed by atoms with Gasteiger partial charge in [0.05, 0.1) is 16.8 Å². The number of halogens is 2. The average Bonchev–Trinajstić information content (AvgIpc) is 2.43. The predicted octanol–water partition coefficient (Wildman–Crippen LogP) is 3.86. The lowest BCUT2D eigenvalue weighted by Crippen LogP contribution is -2.10. The van der Waals surface area contributed by atoms with E-state index in [1.165, 1.54) is 6.07 Å². The summed E-state index contributed by atoms with van der Waals surface area (Å²) in [6.45, 7) is 4.28. The van der Waals surface area contributed by atoms with Crippen molar-refractivity contribution in [3.8, 4) is 5.88 Å². The zero-order valence-corrected chi connectivity index (χ0v) is 12.6. The van der Waals surface area contributed by atoms with Crippen LogP contribution in [0.25, 0.3) is 0 Å². The summed E-state index contributed by atoms with van der Waals surface area (Å²) in [7, 11) is 0. The number of nitrogen functional groups attached to an aromatic ring is 1. The third-order valence-electron chi connectivity index (χ3n) is 2.69. The molecule has 0 amide bonds. The molecular formula is C15H17ClFN3O. The zero-order chi connectivity index (χ0) is 15.4. The van der Waals surface area contributed by atoms with Crippen LogP contribution in [0.4, 0.5) is 15.9 Å². The van der Waals surface area contributed by atoms with Crippen LogP contribution in [0.3, 0.4) is 0 Å². The third kappa shape index (κ3) is 4.23. The quantitative estimate of drug-likeness (QED) is 0.880. The molecule has 21 heavy (non-hydrogen) atoms. The van der Waals surface area contributed by atoms with Crippen molar-refractivity contribution in [2.45, 2.75) is 26.5 Å². The van der Waals surface area contributed by atoms with Crippen LogP contribution in [-0.4, -0.2) is 11.1 Å². The van der Waals surface area contributed by atoms with Crippen LogP contribution in [0, 0.1) is 5.82 Å². The highest BCUT2D eigenvalue weighted by molar-refractivity contribution is 6.30. The highest BCUT2D eigenvalue weighted by atomic mass is 35.5. The largest absolute Gasteiger partial charge is 0.473 e. The number of nitrogens with one attached hydrogen (secondary N) is 1. The Labute approximate surface area is 128 Å². The molecule has 1 aromatic carbocycles. The van der Waals surface area contributed by atoms with Crippen LogP contribution in [0.1, 0.15) is 19.4 Å². The number of nitrogens with two attached hydrogens (primary N) is 1. The van der Waals surface area contributed by atoms with E-state index in [1.54, 1.807) is 24.3 Å². The number of rotatable bonds is 5. The Kier molecular flexibility index (Phi) is 4.85. The van der Waals surface area contributed by atoms with Gasteiger partial charge in [0.25, 0.3) is 0 Å². The fourth-order valence-corrected chi connectivity index (χ4v) is 1.91. The number of ether oxygens (including phenoxy) is 1. The molecule has 6 heteroatoms. The van der Waals surface area contributed by atoms with Crippen molar-refractivity contribution in [2.75, 3.05) is 11.1 Å². The fourth-order valence-electron chi connectivity index (χ4n) is 1.71. The maximum Gasteiger partial charge on any atom is 0.239 e. The highest BCUT2D eigenvalue weighted by Gasteiger charge is 2.07. The summed E-state index contributed by atoms with van der Waals surface area (Å²) in [6, 6.07) is 8.06. The van der Waals surface area contributed by atoms with Crippen molar-refractivity contribution in [2.24, 2.45) is 0 Å². The number of pyridine rings is 1. The van der Waals surface area contributed by atoms with E-state index in [0.717, 1.165) is 5.56 Å². The topological polar surface area (TPSA) is 60.2 Å². The Morgan fingerprint density at radius 2 is 2.10 bits per heavy atom. The molecule has 2 aromatic rings. The van der Waals surface area contributed by atoms with E-state index in [4.69, 9.17) is 22.1 Å². The summed E-state index contributed by atoms with van der Waals surface area (Å²) in [5, 5.41) is 3.22. The molecule has 3 N–H and O–H groups in total. The van der Waals surface area contributed by atoms with Crippen LogP contribution < -0.4 is 15.8 Å². The SMILES string of the molecule is CC(C)Oc1nc(NCc2ccc(F)c(Cl)c2)ccc1N. The molecule has 1 heterocycles. The Bertz CT molecular complexity index is 634. The second-order valence-corrected chi connectivity index (χ2v) is 5.27. The van der Waals surface area contributed by atoms with Crippen molar-refractivity contribution >= 4 is 23.1 Å². The summed E-state index contributed by atoms with van der Waals surface area (Å²) in [5.41, 5.74) is 7.15. The molecule has 0 radical (unpaired) electrons. The molecule has 4 nitrogen and oxygen atoms in total. The van der Waals surface area contributed by atoms with Crippen LogP contribution in [0.5, 0.6) is 5.88 Å². The van der Waals surface area contributed by atoms with E-state index < -0.39 is 5.82 Å². The number of nitrogens with zero attached hydrogens (tertiary/aromatic N) is 1. The Morgan fingerprint density at radius 1 is 1.33 bits per heavy atom. The van der Waals surface area contributed by atoms with Crippen molar-refractivity contribution in [1.29, 1.82) is 0 Å². The Morgan fingerprint density at radius 3 is 2.76 bits per heavy atom. The smallest absolute Gasteiger partial charge is 0.239 e. The van der Waals surface area contributed by atoms with E-state index in [-0.39, 0.29) is 11.1 Å². The maximum absolute atomic E-state index is 13.1. The molecule has 0 saturated heterocycles. The molecule has 0 fully saturated rings. The second kappa shape index (κ2) is 6.63. The van der Waals surface area contributed by atoms with Gasteiger partial charge in [-0.25, -0.2) is 4.39 Å². The molecule has 2 rings (SSSR count). The monoisotopic (exact) mass is 309 g/mol. The average molecular weight is 310 g/mol. The third-order valence-corrected chi connectivity index (χ3v) is 2.98. The molecule has 0 bridgehead atoms. The van der Waals surface area contributed by atoms with Gasteiger partial charge in [-0.05, 0) is 43.7 Å². The first kappa shape index (κ1) is 15.4. The van der Waals surface area contributed by atoms with Crippen LogP contribution in [0.2, 0.25) is 5.02 Å². The van der Waals surface area contributed by atoms with E-state index in [1.807, 2.05) is 13.8 Å². The van der Waals surface area contributed by atoms with Gasteiger partial charge in [0.2, 0.25) is 5.88 Å². The van der Waals surface area contributed by atoms with Gasteiger partial charge in [-0.15, -0.1) is 0 Å². The van der Waals surface area contributed by atoms with E-state index in [9.17, 15) is 4.39 Å². The number of benzene rings is 1. The maximum atomic E-state index is 13.1. The van der Waals surface area contributed by atoms with Gasteiger partial charge in [-0.3, -0.25) is 0 Å². The van der Waals surface area contributed by atoms with Crippen molar-refractivity contribution in [3.63, 3.8) is 0 Å². The minimum atomic E-state index is -0.432. The van der Waals surface area contributed by atoms with Gasteiger partial charge in [-0.1, -0.05) is 17.7 Å². The minimum Gasteiger partial charge on any atom is -0.473 e. The zero-order valence-electron chi connectivity index (χ0n) is 11.9. The van der Waals surface area contributed by atoms with Gasteiger partial charge in [0.15, 0.2) is 0 Å². The molecule has 0 atom stereocenters. The van der Waals surface area contributed by atoms with E-state index in [2.05, 4.69) is 10.3 Å². The Balaban J connectivity index is 2.07. The molecule has 0 aliphatic heterocycles. The normalized spacial score (nSPS) is 10.7. The molecule has 0 saturated carbocycles. The molecule has 1 aromatic heterocycles. The summed E-state index contributed by atoms with van der Waals surface area (Å²) < 4.78 is 18.6. The molecule has 0 unspecified atom stereocenters. The van der Waals surface area contributed by atoms with Crippen molar-refractivity contribution < 1.29 is 9.13 Å². The van der Waals surface area contributed by atoms with Gasteiger partial charge in [0, 0.05) is 6.54 Å². The van der Waals surface area contributed by atoms with E-state index >= 15 is 0 Å². The van der Waals surface area contributed by atoms with Crippen molar-refractivity contribution in [1.82, 2.24) is 4.98 Å². The lowest BCUT2D eigenvalue weighted by atomic mass is 10.2. The highest BCUT2D eigenvalue weighted by Crippen LogP contribution is 2.23. The number of hydrogen-bond acceptors (Lipinski definition) is 4. The summed E-state index contributed by atoms with van der Waals surface area (Å²) >= 11 is 5.74. The van der Waals surface area contributed by atoms with Crippen LogP contribution in [0.15, 0.2) is 30.3 Å². The minimum absolute atomic E-state index is 0.00837. The summed E-state index contributed by atoms with van der Waals surface area (Å²) in [5.74, 6) is 0.589. The predicted molar refractivity (Wildman–Crippen MR) is 83.2 cm³/mol. The number of hydrogen-bond donors (Lipinski definition) is 2. The molecule has 0 aliphatic rings. The van der Waals surface area contributed by atoms with Crippen LogP contribution >= 0.6 is 11.6 Å². The standard InChI is InChI=1S/C15H17ClFN3O/c1-9(2)21-15-13(18)5-6-14(20-15)19-8-10-3-4-12(17)11(16)7-10/h3-7,9H,8,18H2,1-2H3,(H,19,20). The Hall–Kier alpha value is -2.01. The summed E-state index contributed by atoms with van der Waals surface area (Å²) in [4.78, 5) is 4.30. The van der Waals surface area contributed by atoms with Crippen molar-refractivity contribution in [3.05, 3.63) is 46.7 Å². The fraction of sp³-hybridized carbons (Fsp3) is 0.267. The lowest BCUT2D eigenvalue weighted by Gasteiger charge is -2.13. The van der Waals surface area contributed by atoms with E-state index in [0.29, 0.717) is 23.9 Å². The number of anilines is 2.